The summed E-state index contributed by atoms with van der Waals surface area (Å²) < 4.78 is 16.3. The fourth-order valence-electron chi connectivity index (χ4n) is 5.17. The molecule has 1 aromatic heterocycles. The van der Waals surface area contributed by atoms with Crippen molar-refractivity contribution in [3.8, 4) is 11.5 Å². The molecule has 1 amide bonds. The lowest BCUT2D eigenvalue weighted by Crippen LogP contribution is -2.49. The molecule has 1 saturated carbocycles. The average molecular weight is 485 g/mol. The van der Waals surface area contributed by atoms with E-state index in [1.165, 1.54) is 50.5 Å². The molecule has 1 N–H and O–H groups in total. The van der Waals surface area contributed by atoms with E-state index < -0.39 is 0 Å². The van der Waals surface area contributed by atoms with E-state index in [4.69, 9.17) is 19.2 Å². The maximum Gasteiger partial charge on any atom is 0.409 e. The summed E-state index contributed by atoms with van der Waals surface area (Å²) in [6, 6.07) is 6.72. The molecule has 0 radical (unpaired) electrons. The lowest BCUT2D eigenvalue weighted by molar-refractivity contribution is 0.105. The first-order valence-corrected chi connectivity index (χ1v) is 13.1. The SMILES string of the molecule is CCOC(=O)N1CCN(c2nc3cc(OC)c(OC)cc3cc2CNC2CCCCCCC2)CC1. The number of hydrogen-bond donors (Lipinski definition) is 1. The van der Waals surface area contributed by atoms with Gasteiger partial charge in [-0.05, 0) is 31.9 Å². The van der Waals surface area contributed by atoms with Gasteiger partial charge in [0.05, 0.1) is 26.3 Å². The van der Waals surface area contributed by atoms with Crippen LogP contribution in [0.15, 0.2) is 18.2 Å². The molecular weight excluding hydrogens is 444 g/mol. The van der Waals surface area contributed by atoms with Crippen LogP contribution in [0, 0.1) is 0 Å². The second-order valence-corrected chi connectivity index (χ2v) is 9.47. The van der Waals surface area contributed by atoms with Gasteiger partial charge in [-0.15, -0.1) is 0 Å². The van der Waals surface area contributed by atoms with E-state index in [1.807, 2.05) is 19.1 Å². The Kier molecular flexibility index (Phi) is 8.90. The highest BCUT2D eigenvalue weighted by atomic mass is 16.6. The van der Waals surface area contributed by atoms with Crippen LogP contribution in [0.5, 0.6) is 11.5 Å². The molecule has 4 rings (SSSR count). The number of amides is 1. The predicted octanol–water partition coefficient (Wildman–Crippen LogP) is 4.73. The summed E-state index contributed by atoms with van der Waals surface area (Å²) in [6.07, 6.45) is 8.89. The maximum absolute atomic E-state index is 12.2. The number of anilines is 1. The quantitative estimate of drug-likeness (QED) is 0.609. The molecule has 0 unspecified atom stereocenters. The molecule has 2 aromatic rings. The number of piperazine rings is 1. The second kappa shape index (κ2) is 12.3. The summed E-state index contributed by atoms with van der Waals surface area (Å²) in [7, 11) is 3.30. The standard InChI is InChI=1S/C27H40N4O4/c1-4-35-27(32)31-14-12-30(13-15-31)26-21(19-28-22-10-8-6-5-7-9-11-22)16-20-17-24(33-2)25(34-3)18-23(20)29-26/h16-18,22,28H,4-15,19H2,1-3H3. The molecule has 8 nitrogen and oxygen atoms in total. The second-order valence-electron chi connectivity index (χ2n) is 9.47. The summed E-state index contributed by atoms with van der Waals surface area (Å²) in [5.74, 6) is 2.36. The van der Waals surface area contributed by atoms with Crippen molar-refractivity contribution in [2.45, 2.75) is 64.5 Å². The highest BCUT2D eigenvalue weighted by molar-refractivity contribution is 5.85. The summed E-state index contributed by atoms with van der Waals surface area (Å²) in [5.41, 5.74) is 2.05. The molecule has 0 spiro atoms. The molecule has 1 saturated heterocycles. The maximum atomic E-state index is 12.2. The minimum Gasteiger partial charge on any atom is -0.493 e. The van der Waals surface area contributed by atoms with Gasteiger partial charge in [0, 0.05) is 55.8 Å². The molecule has 2 heterocycles. The summed E-state index contributed by atoms with van der Waals surface area (Å²) in [4.78, 5) is 21.4. The first-order chi connectivity index (χ1) is 17.1. The zero-order valence-corrected chi connectivity index (χ0v) is 21.5. The van der Waals surface area contributed by atoms with Crippen LogP contribution < -0.4 is 19.7 Å². The van der Waals surface area contributed by atoms with Gasteiger partial charge in [-0.3, -0.25) is 0 Å². The molecule has 1 aliphatic carbocycles. The lowest BCUT2D eigenvalue weighted by Gasteiger charge is -2.36. The fraction of sp³-hybridized carbons (Fsp3) is 0.630. The smallest absolute Gasteiger partial charge is 0.409 e. The van der Waals surface area contributed by atoms with E-state index >= 15 is 0 Å². The molecule has 0 atom stereocenters. The van der Waals surface area contributed by atoms with Gasteiger partial charge in [-0.25, -0.2) is 9.78 Å². The summed E-state index contributed by atoms with van der Waals surface area (Å²) in [5, 5.41) is 4.87. The minimum absolute atomic E-state index is 0.235. The number of aromatic nitrogens is 1. The van der Waals surface area contributed by atoms with Crippen LogP contribution in [0.25, 0.3) is 10.9 Å². The van der Waals surface area contributed by atoms with Crippen molar-refractivity contribution < 1.29 is 19.0 Å². The van der Waals surface area contributed by atoms with Gasteiger partial charge in [0.2, 0.25) is 0 Å². The Morgan fingerprint density at radius 3 is 2.29 bits per heavy atom. The van der Waals surface area contributed by atoms with Crippen molar-refractivity contribution in [1.82, 2.24) is 15.2 Å². The van der Waals surface area contributed by atoms with Gasteiger partial charge in [0.15, 0.2) is 11.5 Å². The largest absolute Gasteiger partial charge is 0.493 e. The van der Waals surface area contributed by atoms with Gasteiger partial charge in [0.25, 0.3) is 0 Å². The van der Waals surface area contributed by atoms with Crippen LogP contribution in [-0.2, 0) is 11.3 Å². The van der Waals surface area contributed by atoms with E-state index in [0.29, 0.717) is 37.2 Å². The van der Waals surface area contributed by atoms with Crippen molar-refractivity contribution in [2.75, 3.05) is 51.9 Å². The summed E-state index contributed by atoms with van der Waals surface area (Å²) >= 11 is 0. The van der Waals surface area contributed by atoms with E-state index in [9.17, 15) is 4.79 Å². The normalized spacial score (nSPS) is 17.7. The van der Waals surface area contributed by atoms with E-state index in [1.54, 1.807) is 19.1 Å². The number of pyridine rings is 1. The lowest BCUT2D eigenvalue weighted by atomic mass is 9.96. The number of methoxy groups -OCH3 is 2. The Morgan fingerprint density at radius 1 is 0.971 bits per heavy atom. The van der Waals surface area contributed by atoms with Crippen molar-refractivity contribution in [1.29, 1.82) is 0 Å². The molecule has 35 heavy (non-hydrogen) atoms. The molecular formula is C27H40N4O4. The summed E-state index contributed by atoms with van der Waals surface area (Å²) in [6.45, 7) is 5.71. The number of hydrogen-bond acceptors (Lipinski definition) is 7. The third-order valence-corrected chi connectivity index (χ3v) is 7.17. The van der Waals surface area contributed by atoms with Crippen LogP contribution >= 0.6 is 0 Å². The molecule has 0 bridgehead atoms. The number of nitrogens with zero attached hydrogens (tertiary/aromatic N) is 3. The average Bonchev–Trinajstić information content (AvgIpc) is 2.87. The number of fused-ring (bicyclic) bond motifs is 1. The number of ether oxygens (including phenoxy) is 3. The molecule has 2 aliphatic rings. The molecule has 1 aliphatic heterocycles. The van der Waals surface area contributed by atoms with Gasteiger partial charge in [-0.2, -0.15) is 0 Å². The zero-order chi connectivity index (χ0) is 24.6. The third kappa shape index (κ3) is 6.28. The van der Waals surface area contributed by atoms with Crippen LogP contribution in [0.1, 0.15) is 57.4 Å². The van der Waals surface area contributed by atoms with Crippen molar-refractivity contribution in [3.63, 3.8) is 0 Å². The first kappa shape index (κ1) is 25.4. The number of carbonyl (C=O) groups excluding carboxylic acids is 1. The highest BCUT2D eigenvalue weighted by Crippen LogP contribution is 2.34. The number of nitrogens with one attached hydrogen (secondary N) is 1. The van der Waals surface area contributed by atoms with Gasteiger partial charge in [-0.1, -0.05) is 32.1 Å². The monoisotopic (exact) mass is 484 g/mol. The Bertz CT molecular complexity index is 983. The Labute approximate surface area is 208 Å². The van der Waals surface area contributed by atoms with Gasteiger partial charge in [0.1, 0.15) is 5.82 Å². The highest BCUT2D eigenvalue weighted by Gasteiger charge is 2.25. The molecule has 8 heteroatoms. The Hall–Kier alpha value is -2.74. The molecule has 2 fully saturated rings. The van der Waals surface area contributed by atoms with Gasteiger partial charge < -0.3 is 29.3 Å². The van der Waals surface area contributed by atoms with Crippen LogP contribution in [0.4, 0.5) is 10.6 Å². The Balaban J connectivity index is 1.59. The number of carbonyl (C=O) groups is 1. The van der Waals surface area contributed by atoms with Gasteiger partial charge >= 0.3 is 6.09 Å². The molecule has 192 valence electrons. The minimum atomic E-state index is -0.235. The molecule has 1 aromatic carbocycles. The van der Waals surface area contributed by atoms with E-state index in [0.717, 1.165) is 36.4 Å². The van der Waals surface area contributed by atoms with Crippen LogP contribution in [0.2, 0.25) is 0 Å². The first-order valence-electron chi connectivity index (χ1n) is 13.1. The predicted molar refractivity (Wildman–Crippen MR) is 139 cm³/mol. The van der Waals surface area contributed by atoms with E-state index in [-0.39, 0.29) is 6.09 Å². The van der Waals surface area contributed by atoms with Crippen molar-refractivity contribution in [2.24, 2.45) is 0 Å². The topological polar surface area (TPSA) is 76.2 Å². The van der Waals surface area contributed by atoms with Crippen molar-refractivity contribution >= 4 is 22.8 Å². The van der Waals surface area contributed by atoms with Crippen LogP contribution in [0.3, 0.4) is 0 Å². The fourth-order valence-corrected chi connectivity index (χ4v) is 5.17. The van der Waals surface area contributed by atoms with Crippen molar-refractivity contribution in [3.05, 3.63) is 23.8 Å². The van der Waals surface area contributed by atoms with E-state index in [2.05, 4.69) is 16.3 Å². The Morgan fingerprint density at radius 2 is 1.63 bits per heavy atom. The number of benzene rings is 1. The van der Waals surface area contributed by atoms with Crippen LogP contribution in [-0.4, -0.2) is 69.0 Å². The third-order valence-electron chi connectivity index (χ3n) is 7.17. The zero-order valence-electron chi connectivity index (χ0n) is 21.5. The number of rotatable bonds is 7.